The summed E-state index contributed by atoms with van der Waals surface area (Å²) in [5, 5.41) is 13.1. The van der Waals surface area contributed by atoms with Gasteiger partial charge in [-0.2, -0.15) is 0 Å². The summed E-state index contributed by atoms with van der Waals surface area (Å²) in [5.41, 5.74) is 2.22. The summed E-state index contributed by atoms with van der Waals surface area (Å²) in [5.74, 6) is 0. The van der Waals surface area contributed by atoms with Crippen molar-refractivity contribution in [3.8, 4) is 0 Å². The van der Waals surface area contributed by atoms with Gasteiger partial charge in [-0.1, -0.05) is 0 Å². The second-order valence-electron chi connectivity index (χ2n) is 4.61. The highest BCUT2D eigenvalue weighted by atomic mass is 16.3. The number of hydrogen-bond donors (Lipinski definition) is 2. The van der Waals surface area contributed by atoms with Gasteiger partial charge in [0.1, 0.15) is 0 Å². The predicted octanol–water partition coefficient (Wildman–Crippen LogP) is 2.27. The van der Waals surface area contributed by atoms with E-state index in [0.29, 0.717) is 0 Å². The van der Waals surface area contributed by atoms with Crippen LogP contribution in [0.5, 0.6) is 0 Å². The molecule has 3 heteroatoms. The number of aromatic nitrogens is 1. The molecule has 0 aliphatic heterocycles. The van der Waals surface area contributed by atoms with E-state index in [1.54, 1.807) is 13.8 Å². The van der Waals surface area contributed by atoms with Crippen molar-refractivity contribution in [2.45, 2.75) is 46.3 Å². The highest BCUT2D eigenvalue weighted by Gasteiger charge is 2.22. The first-order valence-corrected chi connectivity index (χ1v) is 5.24. The Hall–Kier alpha value is -1.09. The number of anilines is 1. The molecule has 1 aromatic heterocycles. The van der Waals surface area contributed by atoms with Crippen LogP contribution in [-0.4, -0.2) is 21.7 Å². The van der Waals surface area contributed by atoms with E-state index in [0.717, 1.165) is 17.1 Å². The molecule has 0 saturated heterocycles. The Bertz CT molecular complexity index is 342. The highest BCUT2D eigenvalue weighted by molar-refractivity contribution is 5.48. The maximum Gasteiger partial charge on any atom is 0.0789 e. The predicted molar refractivity (Wildman–Crippen MR) is 63.1 cm³/mol. The molecule has 0 amide bonds. The van der Waals surface area contributed by atoms with Gasteiger partial charge in [0, 0.05) is 5.69 Å². The molecule has 1 atom stereocenters. The summed E-state index contributed by atoms with van der Waals surface area (Å²) < 4.78 is 0. The number of nitrogens with one attached hydrogen (secondary N) is 1. The zero-order valence-corrected chi connectivity index (χ0v) is 10.1. The standard InChI is InChI=1S/C12H20N2O/c1-8-6-7-11(9(2)13-8)14-10(3)12(4,5)15/h6-7,10,14-15H,1-5H3. The van der Waals surface area contributed by atoms with E-state index in [2.05, 4.69) is 10.3 Å². The van der Waals surface area contributed by atoms with Gasteiger partial charge in [0.05, 0.1) is 23.0 Å². The fraction of sp³-hybridized carbons (Fsp3) is 0.583. The van der Waals surface area contributed by atoms with E-state index >= 15 is 0 Å². The van der Waals surface area contributed by atoms with Crippen LogP contribution in [0.3, 0.4) is 0 Å². The van der Waals surface area contributed by atoms with Gasteiger partial charge in [0.25, 0.3) is 0 Å². The van der Waals surface area contributed by atoms with Crippen LogP contribution in [0.15, 0.2) is 12.1 Å². The molecule has 15 heavy (non-hydrogen) atoms. The normalized spacial score (nSPS) is 13.7. The van der Waals surface area contributed by atoms with Gasteiger partial charge in [-0.05, 0) is 46.8 Å². The molecule has 1 unspecified atom stereocenters. The van der Waals surface area contributed by atoms with Crippen molar-refractivity contribution in [1.29, 1.82) is 0 Å². The van der Waals surface area contributed by atoms with E-state index in [4.69, 9.17) is 0 Å². The molecule has 0 aromatic carbocycles. The molecule has 3 nitrogen and oxygen atoms in total. The molecule has 1 rings (SSSR count). The topological polar surface area (TPSA) is 45.1 Å². The largest absolute Gasteiger partial charge is 0.388 e. The van der Waals surface area contributed by atoms with Gasteiger partial charge >= 0.3 is 0 Å². The Morgan fingerprint density at radius 3 is 2.40 bits per heavy atom. The van der Waals surface area contributed by atoms with Crippen molar-refractivity contribution in [2.24, 2.45) is 0 Å². The maximum absolute atomic E-state index is 9.81. The van der Waals surface area contributed by atoms with E-state index in [1.807, 2.05) is 32.9 Å². The zero-order chi connectivity index (χ0) is 11.6. The molecular weight excluding hydrogens is 188 g/mol. The van der Waals surface area contributed by atoms with E-state index < -0.39 is 5.60 Å². The summed E-state index contributed by atoms with van der Waals surface area (Å²) in [7, 11) is 0. The Morgan fingerprint density at radius 1 is 1.33 bits per heavy atom. The van der Waals surface area contributed by atoms with Crippen molar-refractivity contribution in [2.75, 3.05) is 5.32 Å². The molecule has 0 aliphatic carbocycles. The van der Waals surface area contributed by atoms with Gasteiger partial charge in [0.2, 0.25) is 0 Å². The lowest BCUT2D eigenvalue weighted by atomic mass is 10.0. The third-order valence-corrected chi connectivity index (χ3v) is 2.66. The number of pyridine rings is 1. The smallest absolute Gasteiger partial charge is 0.0789 e. The lowest BCUT2D eigenvalue weighted by Gasteiger charge is -2.28. The molecule has 84 valence electrons. The summed E-state index contributed by atoms with van der Waals surface area (Å²) in [4.78, 5) is 4.36. The minimum absolute atomic E-state index is 0.0132. The Morgan fingerprint density at radius 2 is 1.93 bits per heavy atom. The minimum Gasteiger partial charge on any atom is -0.388 e. The Kier molecular flexibility index (Phi) is 3.35. The van der Waals surface area contributed by atoms with Gasteiger partial charge in [0.15, 0.2) is 0 Å². The fourth-order valence-corrected chi connectivity index (χ4v) is 1.25. The molecular formula is C12H20N2O. The quantitative estimate of drug-likeness (QED) is 0.801. The first-order valence-electron chi connectivity index (χ1n) is 5.24. The van der Waals surface area contributed by atoms with Crippen molar-refractivity contribution < 1.29 is 5.11 Å². The van der Waals surface area contributed by atoms with Gasteiger partial charge in [-0.25, -0.2) is 0 Å². The lowest BCUT2D eigenvalue weighted by molar-refractivity contribution is 0.0649. The number of nitrogens with zero attached hydrogens (tertiary/aromatic N) is 1. The van der Waals surface area contributed by atoms with Crippen LogP contribution in [0.4, 0.5) is 5.69 Å². The maximum atomic E-state index is 9.81. The molecule has 0 saturated carbocycles. The van der Waals surface area contributed by atoms with E-state index in [9.17, 15) is 5.11 Å². The van der Waals surface area contributed by atoms with Crippen LogP contribution in [-0.2, 0) is 0 Å². The van der Waals surface area contributed by atoms with Crippen LogP contribution in [0.1, 0.15) is 32.2 Å². The summed E-state index contributed by atoms with van der Waals surface area (Å²) in [6.07, 6.45) is 0. The van der Waals surface area contributed by atoms with Crippen LogP contribution >= 0.6 is 0 Å². The molecule has 1 heterocycles. The number of aliphatic hydroxyl groups is 1. The van der Waals surface area contributed by atoms with E-state index in [1.165, 1.54) is 0 Å². The second-order valence-corrected chi connectivity index (χ2v) is 4.61. The number of aryl methyl sites for hydroxylation is 2. The molecule has 0 spiro atoms. The van der Waals surface area contributed by atoms with Crippen molar-refractivity contribution in [3.05, 3.63) is 23.5 Å². The van der Waals surface area contributed by atoms with Crippen LogP contribution in [0.25, 0.3) is 0 Å². The number of rotatable bonds is 3. The van der Waals surface area contributed by atoms with Crippen molar-refractivity contribution in [1.82, 2.24) is 4.98 Å². The van der Waals surface area contributed by atoms with Crippen LogP contribution < -0.4 is 5.32 Å². The van der Waals surface area contributed by atoms with Crippen LogP contribution in [0.2, 0.25) is 0 Å². The molecule has 2 N–H and O–H groups in total. The average Bonchev–Trinajstić information content (AvgIpc) is 2.08. The van der Waals surface area contributed by atoms with Crippen LogP contribution in [0, 0.1) is 13.8 Å². The molecule has 1 aromatic rings. The fourth-order valence-electron chi connectivity index (χ4n) is 1.25. The first-order chi connectivity index (χ1) is 6.80. The summed E-state index contributed by atoms with van der Waals surface area (Å²) in [6, 6.07) is 3.95. The van der Waals surface area contributed by atoms with Crippen molar-refractivity contribution in [3.63, 3.8) is 0 Å². The Labute approximate surface area is 91.5 Å². The highest BCUT2D eigenvalue weighted by Crippen LogP contribution is 2.18. The van der Waals surface area contributed by atoms with Crippen molar-refractivity contribution >= 4 is 5.69 Å². The summed E-state index contributed by atoms with van der Waals surface area (Å²) in [6.45, 7) is 9.48. The molecule has 0 aliphatic rings. The minimum atomic E-state index is -0.739. The first kappa shape index (κ1) is 12.0. The lowest BCUT2D eigenvalue weighted by Crippen LogP contribution is -2.39. The Balaban J connectivity index is 2.82. The third-order valence-electron chi connectivity index (χ3n) is 2.66. The van der Waals surface area contributed by atoms with Gasteiger partial charge in [-0.3, -0.25) is 4.98 Å². The number of hydrogen-bond acceptors (Lipinski definition) is 3. The molecule has 0 bridgehead atoms. The second kappa shape index (κ2) is 4.19. The third kappa shape index (κ3) is 3.20. The molecule has 0 radical (unpaired) electrons. The molecule has 0 fully saturated rings. The average molecular weight is 208 g/mol. The van der Waals surface area contributed by atoms with E-state index in [-0.39, 0.29) is 6.04 Å². The van der Waals surface area contributed by atoms with Gasteiger partial charge in [-0.15, -0.1) is 0 Å². The summed E-state index contributed by atoms with van der Waals surface area (Å²) >= 11 is 0. The van der Waals surface area contributed by atoms with Gasteiger partial charge < -0.3 is 10.4 Å². The zero-order valence-electron chi connectivity index (χ0n) is 10.1. The SMILES string of the molecule is Cc1ccc(NC(C)C(C)(C)O)c(C)n1. The monoisotopic (exact) mass is 208 g/mol.